The quantitative estimate of drug-likeness (QED) is 0.651. The van der Waals surface area contributed by atoms with E-state index in [1.54, 1.807) is 6.07 Å². The second-order valence-corrected chi connectivity index (χ2v) is 2.64. The van der Waals surface area contributed by atoms with Gasteiger partial charge in [-0.25, -0.2) is 0 Å². The fourth-order valence-corrected chi connectivity index (χ4v) is 1.14. The summed E-state index contributed by atoms with van der Waals surface area (Å²) in [5.74, 6) is -0.371. The molecule has 0 atom stereocenters. The third-order valence-corrected chi connectivity index (χ3v) is 1.66. The first-order valence-corrected chi connectivity index (χ1v) is 4.04. The van der Waals surface area contributed by atoms with Crippen LogP contribution in [0.15, 0.2) is 24.4 Å². The number of hydrogen-bond donors (Lipinski definition) is 1. The lowest BCUT2D eigenvalue weighted by Crippen LogP contribution is -2.41. The highest BCUT2D eigenvalue weighted by molar-refractivity contribution is 5.89. The minimum Gasteiger partial charge on any atom is -0.360 e. The standard InChI is InChI=1S/C9H12N2O/c1-2-6-11-7-4-3-5-8(11)9(10)12/h3-5,7H,2,6H2,1H3,(H-,10,12)/p+1. The maximum Gasteiger partial charge on any atom is 0.313 e. The molecule has 0 aliphatic rings. The van der Waals surface area contributed by atoms with E-state index in [1.807, 2.05) is 22.9 Å². The van der Waals surface area contributed by atoms with Gasteiger partial charge in [0.25, 0.3) is 5.69 Å². The molecule has 0 bridgehead atoms. The van der Waals surface area contributed by atoms with E-state index in [0.717, 1.165) is 13.0 Å². The maximum atomic E-state index is 10.9. The van der Waals surface area contributed by atoms with Crippen molar-refractivity contribution >= 4 is 5.91 Å². The predicted octanol–water partition coefficient (Wildman–Crippen LogP) is 0.483. The molecule has 1 rings (SSSR count). The van der Waals surface area contributed by atoms with Gasteiger partial charge in [-0.15, -0.1) is 0 Å². The minimum absolute atomic E-state index is 0.371. The molecular formula is C9H13N2O+. The van der Waals surface area contributed by atoms with Crippen LogP contribution in [0.1, 0.15) is 23.8 Å². The summed E-state index contributed by atoms with van der Waals surface area (Å²) in [6, 6.07) is 5.44. The Balaban J connectivity index is 3.00. The van der Waals surface area contributed by atoms with Crippen molar-refractivity contribution in [2.45, 2.75) is 19.9 Å². The van der Waals surface area contributed by atoms with E-state index in [0.29, 0.717) is 5.69 Å². The first-order valence-electron chi connectivity index (χ1n) is 4.04. The second-order valence-electron chi connectivity index (χ2n) is 2.64. The van der Waals surface area contributed by atoms with Gasteiger partial charge in [0, 0.05) is 18.6 Å². The van der Waals surface area contributed by atoms with E-state index in [2.05, 4.69) is 6.92 Å². The number of carbonyl (C=O) groups excluding carboxylic acids is 1. The molecule has 0 saturated carbocycles. The van der Waals surface area contributed by atoms with Gasteiger partial charge in [-0.05, 0) is 6.07 Å². The molecule has 2 N–H and O–H groups in total. The van der Waals surface area contributed by atoms with Gasteiger partial charge in [-0.2, -0.15) is 4.57 Å². The van der Waals surface area contributed by atoms with E-state index >= 15 is 0 Å². The number of nitrogens with zero attached hydrogens (tertiary/aromatic N) is 1. The number of aromatic nitrogens is 1. The lowest BCUT2D eigenvalue weighted by molar-refractivity contribution is -0.698. The van der Waals surface area contributed by atoms with Crippen molar-refractivity contribution in [1.29, 1.82) is 0 Å². The van der Waals surface area contributed by atoms with Crippen molar-refractivity contribution in [3.8, 4) is 0 Å². The maximum absolute atomic E-state index is 10.9. The number of carbonyl (C=O) groups is 1. The normalized spacial score (nSPS) is 9.75. The Morgan fingerprint density at radius 1 is 1.58 bits per heavy atom. The summed E-state index contributed by atoms with van der Waals surface area (Å²) in [5, 5.41) is 0. The summed E-state index contributed by atoms with van der Waals surface area (Å²) in [6.45, 7) is 2.89. The van der Waals surface area contributed by atoms with Gasteiger partial charge >= 0.3 is 5.91 Å². The molecule has 3 heteroatoms. The lowest BCUT2D eigenvalue weighted by atomic mass is 10.3. The monoisotopic (exact) mass is 165 g/mol. The Hall–Kier alpha value is -1.38. The van der Waals surface area contributed by atoms with Gasteiger partial charge in [-0.1, -0.05) is 6.92 Å². The van der Waals surface area contributed by atoms with Crippen LogP contribution in [0.3, 0.4) is 0 Å². The fraction of sp³-hybridized carbons (Fsp3) is 0.333. The number of primary amides is 1. The van der Waals surface area contributed by atoms with E-state index in [-0.39, 0.29) is 5.91 Å². The summed E-state index contributed by atoms with van der Waals surface area (Å²) in [5.41, 5.74) is 5.75. The zero-order valence-electron chi connectivity index (χ0n) is 7.16. The third-order valence-electron chi connectivity index (χ3n) is 1.66. The van der Waals surface area contributed by atoms with Crippen LogP contribution in [0, 0.1) is 0 Å². The zero-order valence-corrected chi connectivity index (χ0v) is 7.16. The Labute approximate surface area is 71.8 Å². The summed E-state index contributed by atoms with van der Waals surface area (Å²) in [6.07, 6.45) is 2.86. The molecule has 0 fully saturated rings. The van der Waals surface area contributed by atoms with Crippen molar-refractivity contribution in [2.75, 3.05) is 0 Å². The van der Waals surface area contributed by atoms with Gasteiger partial charge in [-0.3, -0.25) is 4.79 Å². The average Bonchev–Trinajstić information content (AvgIpc) is 2.05. The Morgan fingerprint density at radius 2 is 2.33 bits per heavy atom. The molecule has 64 valence electrons. The van der Waals surface area contributed by atoms with E-state index < -0.39 is 0 Å². The van der Waals surface area contributed by atoms with Gasteiger partial charge in [0.2, 0.25) is 0 Å². The molecule has 1 aromatic heterocycles. The first-order chi connectivity index (χ1) is 5.75. The molecule has 1 heterocycles. The molecule has 0 unspecified atom stereocenters. The first kappa shape index (κ1) is 8.71. The number of rotatable bonds is 3. The van der Waals surface area contributed by atoms with E-state index in [1.165, 1.54) is 0 Å². The molecule has 0 saturated heterocycles. The zero-order chi connectivity index (χ0) is 8.97. The molecular weight excluding hydrogens is 152 g/mol. The SMILES string of the molecule is CCC[n+]1ccccc1C(N)=O. The number of pyridine rings is 1. The molecule has 0 aliphatic carbocycles. The highest BCUT2D eigenvalue weighted by Gasteiger charge is 2.12. The third kappa shape index (κ3) is 1.81. The van der Waals surface area contributed by atoms with Crippen LogP contribution in [-0.4, -0.2) is 5.91 Å². The second kappa shape index (κ2) is 3.85. The highest BCUT2D eigenvalue weighted by atomic mass is 16.1. The lowest BCUT2D eigenvalue weighted by Gasteiger charge is -1.97. The van der Waals surface area contributed by atoms with Crippen LogP contribution in [-0.2, 0) is 6.54 Å². The predicted molar refractivity (Wildman–Crippen MR) is 45.4 cm³/mol. The number of amides is 1. The highest BCUT2D eigenvalue weighted by Crippen LogP contribution is 1.90. The topological polar surface area (TPSA) is 47.0 Å². The van der Waals surface area contributed by atoms with Gasteiger partial charge in [0.1, 0.15) is 6.54 Å². The number of nitrogens with two attached hydrogens (primary N) is 1. The smallest absolute Gasteiger partial charge is 0.313 e. The molecule has 0 aliphatic heterocycles. The molecule has 0 aromatic carbocycles. The molecule has 12 heavy (non-hydrogen) atoms. The van der Waals surface area contributed by atoms with Crippen LogP contribution in [0.25, 0.3) is 0 Å². The van der Waals surface area contributed by atoms with Crippen molar-refractivity contribution in [1.82, 2.24) is 0 Å². The van der Waals surface area contributed by atoms with Gasteiger partial charge in [0.05, 0.1) is 0 Å². The van der Waals surface area contributed by atoms with Crippen molar-refractivity contribution in [3.63, 3.8) is 0 Å². The number of aryl methyl sites for hydroxylation is 1. The van der Waals surface area contributed by atoms with Crippen LogP contribution < -0.4 is 10.3 Å². The Morgan fingerprint density at radius 3 is 2.92 bits per heavy atom. The number of hydrogen-bond acceptors (Lipinski definition) is 1. The summed E-state index contributed by atoms with van der Waals surface area (Å²) < 4.78 is 1.86. The average molecular weight is 165 g/mol. The van der Waals surface area contributed by atoms with E-state index in [9.17, 15) is 4.79 Å². The fourth-order valence-electron chi connectivity index (χ4n) is 1.14. The van der Waals surface area contributed by atoms with Crippen LogP contribution in [0.5, 0.6) is 0 Å². The molecule has 0 spiro atoms. The summed E-state index contributed by atoms with van der Waals surface area (Å²) >= 11 is 0. The van der Waals surface area contributed by atoms with E-state index in [4.69, 9.17) is 5.73 Å². The molecule has 3 nitrogen and oxygen atoms in total. The Kier molecular flexibility index (Phi) is 2.80. The van der Waals surface area contributed by atoms with Crippen LogP contribution in [0.2, 0.25) is 0 Å². The van der Waals surface area contributed by atoms with Crippen LogP contribution in [0.4, 0.5) is 0 Å². The largest absolute Gasteiger partial charge is 0.360 e. The summed E-state index contributed by atoms with van der Waals surface area (Å²) in [7, 11) is 0. The van der Waals surface area contributed by atoms with Gasteiger partial charge in [0.15, 0.2) is 6.20 Å². The molecule has 0 radical (unpaired) electrons. The van der Waals surface area contributed by atoms with Crippen molar-refractivity contribution in [2.24, 2.45) is 5.73 Å². The minimum atomic E-state index is -0.371. The van der Waals surface area contributed by atoms with Crippen molar-refractivity contribution in [3.05, 3.63) is 30.1 Å². The summed E-state index contributed by atoms with van der Waals surface area (Å²) in [4.78, 5) is 10.9. The van der Waals surface area contributed by atoms with Gasteiger partial charge < -0.3 is 5.73 Å². The Bertz CT molecular complexity index is 284. The molecule has 1 amide bonds. The molecule has 1 aromatic rings. The van der Waals surface area contributed by atoms with Crippen LogP contribution >= 0.6 is 0 Å². The van der Waals surface area contributed by atoms with Crippen molar-refractivity contribution < 1.29 is 9.36 Å².